The maximum absolute atomic E-state index is 13.3. The Labute approximate surface area is 112 Å². The van der Waals surface area contributed by atoms with Gasteiger partial charge in [-0.25, -0.2) is 12.8 Å². The van der Waals surface area contributed by atoms with Crippen molar-refractivity contribution in [1.82, 2.24) is 4.31 Å². The van der Waals surface area contributed by atoms with Crippen LogP contribution in [0.1, 0.15) is 19.3 Å². The monoisotopic (exact) mass is 284 g/mol. The minimum absolute atomic E-state index is 0.0371. The number of anilines is 1. The number of sulfonamides is 1. The molecule has 2 aliphatic rings. The highest BCUT2D eigenvalue weighted by molar-refractivity contribution is 7.89. The average Bonchev–Trinajstić information content (AvgIpc) is 2.87. The largest absolute Gasteiger partial charge is 0.399 e. The number of fused-ring (bicyclic) bond motifs is 1. The van der Waals surface area contributed by atoms with E-state index >= 15 is 0 Å². The van der Waals surface area contributed by atoms with Crippen molar-refractivity contribution in [2.75, 3.05) is 18.8 Å². The van der Waals surface area contributed by atoms with Crippen LogP contribution < -0.4 is 5.73 Å². The molecule has 2 N–H and O–H groups in total. The van der Waals surface area contributed by atoms with E-state index in [1.165, 1.54) is 16.8 Å². The van der Waals surface area contributed by atoms with Gasteiger partial charge in [-0.05, 0) is 42.9 Å². The van der Waals surface area contributed by atoms with Gasteiger partial charge in [-0.3, -0.25) is 0 Å². The number of hydrogen-bond acceptors (Lipinski definition) is 3. The Morgan fingerprint density at radius 1 is 1.16 bits per heavy atom. The molecule has 1 saturated heterocycles. The van der Waals surface area contributed by atoms with E-state index in [1.54, 1.807) is 0 Å². The summed E-state index contributed by atoms with van der Waals surface area (Å²) >= 11 is 0. The smallest absolute Gasteiger partial charge is 0.243 e. The lowest BCUT2D eigenvalue weighted by molar-refractivity contribution is 0.445. The summed E-state index contributed by atoms with van der Waals surface area (Å²) in [5.74, 6) is 0.333. The molecule has 0 radical (unpaired) electrons. The Bertz CT molecular complexity index is 570. The molecule has 1 aromatic carbocycles. The van der Waals surface area contributed by atoms with Crippen LogP contribution in [0.4, 0.5) is 10.1 Å². The van der Waals surface area contributed by atoms with Crippen LogP contribution in [0.5, 0.6) is 0 Å². The molecule has 0 amide bonds. The number of benzene rings is 1. The standard InChI is InChI=1S/C13H17FN2O2S/c14-11-4-12(15)6-13(5-11)19(17,18)16-7-9-2-1-3-10(9)8-16/h4-6,9-10H,1-3,7-8,15H2. The van der Waals surface area contributed by atoms with Gasteiger partial charge in [-0.15, -0.1) is 0 Å². The van der Waals surface area contributed by atoms with Crippen LogP contribution in [-0.4, -0.2) is 25.8 Å². The molecule has 3 rings (SSSR count). The second kappa shape index (κ2) is 4.45. The average molecular weight is 284 g/mol. The molecule has 0 spiro atoms. The fourth-order valence-corrected chi connectivity index (χ4v) is 4.89. The molecule has 2 atom stereocenters. The Morgan fingerprint density at radius 2 is 1.79 bits per heavy atom. The van der Waals surface area contributed by atoms with Gasteiger partial charge in [0.15, 0.2) is 0 Å². The Balaban J connectivity index is 1.91. The first kappa shape index (κ1) is 12.9. The molecular weight excluding hydrogens is 267 g/mol. The van der Waals surface area contributed by atoms with Crippen molar-refractivity contribution in [3.8, 4) is 0 Å². The van der Waals surface area contributed by atoms with E-state index in [2.05, 4.69) is 0 Å². The van der Waals surface area contributed by atoms with Crippen LogP contribution in [-0.2, 0) is 10.0 Å². The zero-order valence-electron chi connectivity index (χ0n) is 10.5. The van der Waals surface area contributed by atoms with Gasteiger partial charge in [0.05, 0.1) is 4.90 Å². The zero-order chi connectivity index (χ0) is 13.6. The van der Waals surface area contributed by atoms with Crippen LogP contribution in [0.3, 0.4) is 0 Å². The summed E-state index contributed by atoms with van der Waals surface area (Å²) in [7, 11) is -3.61. The van der Waals surface area contributed by atoms with Crippen molar-refractivity contribution in [3.05, 3.63) is 24.0 Å². The number of nitrogen functional groups attached to an aromatic ring is 1. The number of hydrogen-bond donors (Lipinski definition) is 1. The van der Waals surface area contributed by atoms with Crippen LogP contribution >= 0.6 is 0 Å². The highest BCUT2D eigenvalue weighted by atomic mass is 32.2. The van der Waals surface area contributed by atoms with E-state index in [0.29, 0.717) is 24.9 Å². The molecule has 0 aromatic heterocycles. The zero-order valence-corrected chi connectivity index (χ0v) is 11.4. The molecule has 6 heteroatoms. The van der Waals surface area contributed by atoms with Crippen molar-refractivity contribution in [1.29, 1.82) is 0 Å². The minimum Gasteiger partial charge on any atom is -0.399 e. The molecule has 1 aliphatic heterocycles. The van der Waals surface area contributed by atoms with Gasteiger partial charge in [0.2, 0.25) is 10.0 Å². The quantitative estimate of drug-likeness (QED) is 0.843. The normalized spacial score (nSPS) is 27.6. The Kier molecular flexibility index (Phi) is 3.02. The summed E-state index contributed by atoms with van der Waals surface area (Å²) in [5, 5.41) is 0. The molecule has 1 aromatic rings. The third kappa shape index (κ3) is 2.23. The predicted molar refractivity (Wildman–Crippen MR) is 70.4 cm³/mol. The minimum atomic E-state index is -3.61. The first-order chi connectivity index (χ1) is 8.96. The highest BCUT2D eigenvalue weighted by Crippen LogP contribution is 2.39. The molecule has 0 bridgehead atoms. The van der Waals surface area contributed by atoms with Gasteiger partial charge >= 0.3 is 0 Å². The molecule has 19 heavy (non-hydrogen) atoms. The maximum atomic E-state index is 13.3. The molecule has 4 nitrogen and oxygen atoms in total. The van der Waals surface area contributed by atoms with Crippen LogP contribution in [0.15, 0.2) is 23.1 Å². The van der Waals surface area contributed by atoms with Gasteiger partial charge < -0.3 is 5.73 Å². The topological polar surface area (TPSA) is 63.4 Å². The van der Waals surface area contributed by atoms with E-state index in [0.717, 1.165) is 25.0 Å². The fraction of sp³-hybridized carbons (Fsp3) is 0.538. The summed E-state index contributed by atoms with van der Waals surface area (Å²) in [6, 6.07) is 3.49. The van der Waals surface area contributed by atoms with Crippen molar-refractivity contribution >= 4 is 15.7 Å². The van der Waals surface area contributed by atoms with Gasteiger partial charge in [0.1, 0.15) is 5.82 Å². The number of nitrogens with zero attached hydrogens (tertiary/aromatic N) is 1. The number of rotatable bonds is 2. The predicted octanol–water partition coefficient (Wildman–Crippen LogP) is 1.83. The number of halogens is 1. The lowest BCUT2D eigenvalue weighted by Crippen LogP contribution is -2.29. The SMILES string of the molecule is Nc1cc(F)cc(S(=O)(=O)N2CC3CCCC3C2)c1. The second-order valence-corrected chi connectivity index (χ2v) is 7.43. The van der Waals surface area contributed by atoms with E-state index in [1.807, 2.05) is 0 Å². The second-order valence-electron chi connectivity index (χ2n) is 5.49. The molecule has 2 fully saturated rings. The van der Waals surface area contributed by atoms with E-state index < -0.39 is 15.8 Å². The summed E-state index contributed by atoms with van der Waals surface area (Å²) in [6.45, 7) is 1.12. The molecule has 1 heterocycles. The van der Waals surface area contributed by atoms with Gasteiger partial charge in [-0.2, -0.15) is 4.31 Å². The van der Waals surface area contributed by atoms with Crippen LogP contribution in [0.2, 0.25) is 0 Å². The molecule has 1 saturated carbocycles. The van der Waals surface area contributed by atoms with Crippen molar-refractivity contribution in [2.24, 2.45) is 11.8 Å². The van der Waals surface area contributed by atoms with Gasteiger partial charge in [0, 0.05) is 18.8 Å². The van der Waals surface area contributed by atoms with Gasteiger partial charge in [-0.1, -0.05) is 6.42 Å². The maximum Gasteiger partial charge on any atom is 0.243 e. The Morgan fingerprint density at radius 3 is 2.37 bits per heavy atom. The fourth-order valence-electron chi connectivity index (χ4n) is 3.27. The van der Waals surface area contributed by atoms with E-state index in [4.69, 9.17) is 5.73 Å². The van der Waals surface area contributed by atoms with Crippen LogP contribution in [0.25, 0.3) is 0 Å². The lowest BCUT2D eigenvalue weighted by atomic mass is 10.0. The summed E-state index contributed by atoms with van der Waals surface area (Å²) in [6.07, 6.45) is 3.39. The first-order valence-electron chi connectivity index (χ1n) is 6.53. The third-order valence-electron chi connectivity index (χ3n) is 4.22. The number of nitrogens with two attached hydrogens (primary N) is 1. The summed E-state index contributed by atoms with van der Waals surface area (Å²) in [5.41, 5.74) is 5.66. The third-order valence-corrected chi connectivity index (χ3v) is 6.03. The lowest BCUT2D eigenvalue weighted by Gasteiger charge is -2.17. The first-order valence-corrected chi connectivity index (χ1v) is 7.97. The summed E-state index contributed by atoms with van der Waals surface area (Å²) < 4.78 is 39.7. The highest BCUT2D eigenvalue weighted by Gasteiger charge is 2.41. The molecule has 2 unspecified atom stereocenters. The van der Waals surface area contributed by atoms with Crippen LogP contribution in [0, 0.1) is 17.7 Å². The van der Waals surface area contributed by atoms with Gasteiger partial charge in [0.25, 0.3) is 0 Å². The van der Waals surface area contributed by atoms with Crippen molar-refractivity contribution in [2.45, 2.75) is 24.2 Å². The molecular formula is C13H17FN2O2S. The van der Waals surface area contributed by atoms with E-state index in [9.17, 15) is 12.8 Å². The summed E-state index contributed by atoms with van der Waals surface area (Å²) in [4.78, 5) is -0.0371. The molecule has 1 aliphatic carbocycles. The van der Waals surface area contributed by atoms with Crippen molar-refractivity contribution < 1.29 is 12.8 Å². The van der Waals surface area contributed by atoms with E-state index in [-0.39, 0.29) is 10.6 Å². The molecule has 104 valence electrons. The van der Waals surface area contributed by atoms with Crippen molar-refractivity contribution in [3.63, 3.8) is 0 Å². The Hall–Kier alpha value is -1.14.